The third-order valence-corrected chi connectivity index (χ3v) is 5.28. The van der Waals surface area contributed by atoms with Crippen LogP contribution in [0.15, 0.2) is 24.3 Å². The highest BCUT2D eigenvalue weighted by Crippen LogP contribution is 2.28. The summed E-state index contributed by atoms with van der Waals surface area (Å²) in [6.07, 6.45) is 5.70. The van der Waals surface area contributed by atoms with E-state index in [1.54, 1.807) is 0 Å². The molecule has 0 spiro atoms. The molecule has 0 unspecified atom stereocenters. The van der Waals surface area contributed by atoms with E-state index in [9.17, 15) is 4.79 Å². The Bertz CT molecular complexity index is 500. The van der Waals surface area contributed by atoms with Crippen molar-refractivity contribution in [2.24, 2.45) is 5.92 Å². The number of nitrogens with zero attached hydrogens (tertiary/aromatic N) is 2. The molecule has 1 aliphatic carbocycles. The molecule has 4 heteroatoms. The van der Waals surface area contributed by atoms with Crippen LogP contribution in [0.1, 0.15) is 39.0 Å². The molecular weight excluding hydrogens is 286 g/mol. The number of likely N-dealkylation sites (N-methyl/N-ethyl adjacent to an activating group) is 1. The predicted octanol–water partition coefficient (Wildman–Crippen LogP) is 3.35. The van der Waals surface area contributed by atoms with Gasteiger partial charge in [-0.3, -0.25) is 4.79 Å². The van der Waals surface area contributed by atoms with Gasteiger partial charge in [0.1, 0.15) is 0 Å². The molecular formula is C19H29N3O. The average Bonchev–Trinajstić information content (AvgIpc) is 3.08. The minimum atomic E-state index is 0.168. The Morgan fingerprint density at radius 1 is 1.09 bits per heavy atom. The maximum absolute atomic E-state index is 12.1. The van der Waals surface area contributed by atoms with E-state index in [1.165, 1.54) is 31.4 Å². The first-order valence-electron chi connectivity index (χ1n) is 9.12. The second-order valence-electron chi connectivity index (χ2n) is 6.87. The molecule has 1 heterocycles. The molecule has 126 valence electrons. The first kappa shape index (κ1) is 16.3. The van der Waals surface area contributed by atoms with Crippen LogP contribution in [0.4, 0.5) is 11.4 Å². The van der Waals surface area contributed by atoms with E-state index >= 15 is 0 Å². The predicted molar refractivity (Wildman–Crippen MR) is 96.0 cm³/mol. The maximum Gasteiger partial charge on any atom is 0.224 e. The van der Waals surface area contributed by atoms with E-state index in [1.807, 2.05) is 12.1 Å². The highest BCUT2D eigenvalue weighted by molar-refractivity contribution is 5.91. The molecule has 1 saturated carbocycles. The van der Waals surface area contributed by atoms with E-state index < -0.39 is 0 Å². The summed E-state index contributed by atoms with van der Waals surface area (Å²) < 4.78 is 0. The lowest BCUT2D eigenvalue weighted by molar-refractivity contribution is -0.117. The molecule has 0 atom stereocenters. The largest absolute Gasteiger partial charge is 0.369 e. The third-order valence-electron chi connectivity index (χ3n) is 5.28. The molecule has 1 aromatic rings. The second-order valence-corrected chi connectivity index (χ2v) is 6.87. The van der Waals surface area contributed by atoms with Crippen molar-refractivity contribution < 1.29 is 4.79 Å². The highest BCUT2D eigenvalue weighted by Gasteiger charge is 2.19. The van der Waals surface area contributed by atoms with Gasteiger partial charge in [-0.05, 0) is 49.6 Å². The van der Waals surface area contributed by atoms with E-state index in [2.05, 4.69) is 34.2 Å². The van der Waals surface area contributed by atoms with Crippen LogP contribution >= 0.6 is 0 Å². The van der Waals surface area contributed by atoms with Gasteiger partial charge in [0.15, 0.2) is 0 Å². The van der Waals surface area contributed by atoms with Crippen LogP contribution in [0.25, 0.3) is 0 Å². The van der Waals surface area contributed by atoms with Gasteiger partial charge in [0, 0.05) is 44.0 Å². The number of piperazine rings is 1. The third kappa shape index (κ3) is 4.47. The van der Waals surface area contributed by atoms with Crippen molar-refractivity contribution >= 4 is 17.3 Å². The lowest BCUT2D eigenvalue weighted by atomic mass is 10.0. The number of carbonyl (C=O) groups excluding carboxylic acids is 1. The molecule has 0 bridgehead atoms. The topological polar surface area (TPSA) is 35.6 Å². The monoisotopic (exact) mass is 315 g/mol. The highest BCUT2D eigenvalue weighted by atomic mass is 16.1. The summed E-state index contributed by atoms with van der Waals surface area (Å²) >= 11 is 0. The fourth-order valence-corrected chi connectivity index (χ4v) is 3.77. The van der Waals surface area contributed by atoms with E-state index in [-0.39, 0.29) is 5.91 Å². The summed E-state index contributed by atoms with van der Waals surface area (Å²) in [5, 5.41) is 3.05. The number of hydrogen-bond acceptors (Lipinski definition) is 3. The zero-order chi connectivity index (χ0) is 16.1. The Kier molecular flexibility index (Phi) is 5.55. The summed E-state index contributed by atoms with van der Waals surface area (Å²) in [6.45, 7) is 7.80. The quantitative estimate of drug-likeness (QED) is 0.905. The number of rotatable bonds is 5. The molecule has 1 aromatic carbocycles. The van der Waals surface area contributed by atoms with Crippen LogP contribution in [0.5, 0.6) is 0 Å². The molecule has 1 saturated heterocycles. The van der Waals surface area contributed by atoms with E-state index in [4.69, 9.17) is 0 Å². The van der Waals surface area contributed by atoms with Gasteiger partial charge in [-0.15, -0.1) is 0 Å². The van der Waals surface area contributed by atoms with Crippen molar-refractivity contribution in [3.05, 3.63) is 24.3 Å². The van der Waals surface area contributed by atoms with Gasteiger partial charge in [-0.2, -0.15) is 0 Å². The second kappa shape index (κ2) is 7.82. The van der Waals surface area contributed by atoms with Gasteiger partial charge < -0.3 is 15.1 Å². The molecule has 0 radical (unpaired) electrons. The molecule has 1 N–H and O–H groups in total. The molecule has 0 aromatic heterocycles. The number of anilines is 2. The zero-order valence-corrected chi connectivity index (χ0v) is 14.3. The van der Waals surface area contributed by atoms with Crippen LogP contribution in [-0.2, 0) is 4.79 Å². The van der Waals surface area contributed by atoms with Crippen LogP contribution < -0.4 is 10.2 Å². The van der Waals surface area contributed by atoms with Gasteiger partial charge in [-0.25, -0.2) is 0 Å². The molecule has 1 aliphatic heterocycles. The first-order chi connectivity index (χ1) is 11.2. The van der Waals surface area contributed by atoms with E-state index in [0.717, 1.165) is 38.4 Å². The fraction of sp³-hybridized carbons (Fsp3) is 0.632. The summed E-state index contributed by atoms with van der Waals surface area (Å²) in [5.74, 6) is 0.769. The molecule has 23 heavy (non-hydrogen) atoms. The molecule has 3 rings (SSSR count). The number of amides is 1. The minimum Gasteiger partial charge on any atom is -0.369 e. The number of carbonyl (C=O) groups is 1. The van der Waals surface area contributed by atoms with Crippen molar-refractivity contribution in [1.29, 1.82) is 0 Å². The van der Waals surface area contributed by atoms with Crippen molar-refractivity contribution in [1.82, 2.24) is 4.90 Å². The smallest absolute Gasteiger partial charge is 0.224 e. The van der Waals surface area contributed by atoms with Crippen LogP contribution in [0.3, 0.4) is 0 Å². The fourth-order valence-electron chi connectivity index (χ4n) is 3.77. The standard InChI is InChI=1S/C19H29N3O/c1-2-21-11-13-22(14-12-21)18-9-7-17(8-10-18)20-19(23)15-16-5-3-4-6-16/h7-10,16H,2-6,11-15H2,1H3,(H,20,23). The van der Waals surface area contributed by atoms with Crippen molar-refractivity contribution in [2.45, 2.75) is 39.0 Å². The molecule has 2 fully saturated rings. The Labute approximate surface area is 139 Å². The number of hydrogen-bond donors (Lipinski definition) is 1. The van der Waals surface area contributed by atoms with Crippen LogP contribution in [0.2, 0.25) is 0 Å². The maximum atomic E-state index is 12.1. The molecule has 1 amide bonds. The van der Waals surface area contributed by atoms with E-state index in [0.29, 0.717) is 12.3 Å². The molecule has 4 nitrogen and oxygen atoms in total. The van der Waals surface area contributed by atoms with Crippen molar-refractivity contribution in [3.63, 3.8) is 0 Å². The SMILES string of the molecule is CCN1CCN(c2ccc(NC(=O)CC3CCCC3)cc2)CC1. The van der Waals surface area contributed by atoms with Crippen molar-refractivity contribution in [3.8, 4) is 0 Å². The lowest BCUT2D eigenvalue weighted by Gasteiger charge is -2.35. The summed E-state index contributed by atoms with van der Waals surface area (Å²) in [5.41, 5.74) is 2.18. The summed E-state index contributed by atoms with van der Waals surface area (Å²) in [7, 11) is 0. The van der Waals surface area contributed by atoms with Crippen molar-refractivity contribution in [2.75, 3.05) is 42.9 Å². The average molecular weight is 315 g/mol. The number of benzene rings is 1. The van der Waals surface area contributed by atoms with Gasteiger partial charge >= 0.3 is 0 Å². The first-order valence-corrected chi connectivity index (χ1v) is 9.12. The molecule has 2 aliphatic rings. The Hall–Kier alpha value is -1.55. The Morgan fingerprint density at radius 2 is 1.74 bits per heavy atom. The number of nitrogens with one attached hydrogen (secondary N) is 1. The minimum absolute atomic E-state index is 0.168. The summed E-state index contributed by atoms with van der Waals surface area (Å²) in [6, 6.07) is 8.34. The van der Waals surface area contributed by atoms with Crippen LogP contribution in [-0.4, -0.2) is 43.5 Å². The zero-order valence-electron chi connectivity index (χ0n) is 14.3. The van der Waals surface area contributed by atoms with Gasteiger partial charge in [0.05, 0.1) is 0 Å². The van der Waals surface area contributed by atoms with Gasteiger partial charge in [0.25, 0.3) is 0 Å². The van der Waals surface area contributed by atoms with Gasteiger partial charge in [0.2, 0.25) is 5.91 Å². The van der Waals surface area contributed by atoms with Gasteiger partial charge in [-0.1, -0.05) is 19.8 Å². The normalized spacial score (nSPS) is 20.0. The van der Waals surface area contributed by atoms with Crippen LogP contribution in [0, 0.1) is 5.92 Å². The summed E-state index contributed by atoms with van der Waals surface area (Å²) in [4.78, 5) is 17.0. The Balaban J connectivity index is 1.49. The lowest BCUT2D eigenvalue weighted by Crippen LogP contribution is -2.46. The Morgan fingerprint density at radius 3 is 2.35 bits per heavy atom.